The second kappa shape index (κ2) is 7.36. The third kappa shape index (κ3) is 5.09. The Bertz CT molecular complexity index is 435. The molecule has 106 valence electrons. The Hall–Kier alpha value is -1.26. The zero-order valence-electron chi connectivity index (χ0n) is 11.5. The minimum atomic E-state index is -0.637. The summed E-state index contributed by atoms with van der Waals surface area (Å²) < 4.78 is 0. The van der Waals surface area contributed by atoms with E-state index in [0.29, 0.717) is 10.7 Å². The van der Waals surface area contributed by atoms with Gasteiger partial charge in [-0.1, -0.05) is 25.4 Å². The molecule has 19 heavy (non-hydrogen) atoms. The van der Waals surface area contributed by atoms with Gasteiger partial charge < -0.3 is 15.7 Å². The maximum Gasteiger partial charge on any atom is 0.227 e. The van der Waals surface area contributed by atoms with E-state index in [4.69, 9.17) is 11.6 Å². The van der Waals surface area contributed by atoms with Crippen molar-refractivity contribution in [3.05, 3.63) is 23.2 Å². The van der Waals surface area contributed by atoms with Gasteiger partial charge in [-0.15, -0.1) is 0 Å². The van der Waals surface area contributed by atoms with Crippen LogP contribution in [0.2, 0.25) is 5.02 Å². The van der Waals surface area contributed by atoms with Crippen LogP contribution in [-0.4, -0.2) is 23.7 Å². The number of nitrogens with one attached hydrogen (secondary N) is 2. The molecule has 0 heterocycles. The van der Waals surface area contributed by atoms with Crippen molar-refractivity contribution in [1.82, 2.24) is 0 Å². The smallest absolute Gasteiger partial charge is 0.227 e. The van der Waals surface area contributed by atoms with Gasteiger partial charge in [-0.2, -0.15) is 0 Å². The number of carbonyl (C=O) groups excluding carboxylic acids is 1. The van der Waals surface area contributed by atoms with Crippen molar-refractivity contribution in [1.29, 1.82) is 0 Å². The molecule has 0 aromatic heterocycles. The molecule has 1 unspecified atom stereocenters. The van der Waals surface area contributed by atoms with Crippen LogP contribution < -0.4 is 10.6 Å². The highest BCUT2D eigenvalue weighted by atomic mass is 35.5. The number of halogens is 1. The van der Waals surface area contributed by atoms with E-state index >= 15 is 0 Å². The fourth-order valence-electron chi connectivity index (χ4n) is 1.59. The average molecular weight is 285 g/mol. The van der Waals surface area contributed by atoms with E-state index in [9.17, 15) is 9.90 Å². The first-order valence-electron chi connectivity index (χ1n) is 6.45. The molecule has 1 atom stereocenters. The van der Waals surface area contributed by atoms with Crippen LogP contribution in [-0.2, 0) is 4.79 Å². The minimum absolute atomic E-state index is 0.0540. The van der Waals surface area contributed by atoms with Gasteiger partial charge in [-0.25, -0.2) is 0 Å². The lowest BCUT2D eigenvalue weighted by atomic mass is 10.0. The lowest BCUT2D eigenvalue weighted by Gasteiger charge is -2.16. The van der Waals surface area contributed by atoms with Crippen molar-refractivity contribution in [2.24, 2.45) is 5.92 Å². The third-order valence-electron chi connectivity index (χ3n) is 2.79. The number of hydrogen-bond acceptors (Lipinski definition) is 3. The lowest BCUT2D eigenvalue weighted by molar-refractivity contribution is -0.118. The number of hydrogen-bond donors (Lipinski definition) is 3. The van der Waals surface area contributed by atoms with E-state index in [1.54, 1.807) is 12.1 Å². The van der Waals surface area contributed by atoms with E-state index in [1.165, 1.54) is 0 Å². The van der Waals surface area contributed by atoms with Gasteiger partial charge in [-0.05, 0) is 31.0 Å². The summed E-state index contributed by atoms with van der Waals surface area (Å²) in [6.45, 7) is 6.48. The summed E-state index contributed by atoms with van der Waals surface area (Å²) in [5.74, 6) is -0.166. The van der Waals surface area contributed by atoms with Crippen molar-refractivity contribution in [3.63, 3.8) is 0 Å². The molecule has 1 aromatic carbocycles. The SMILES string of the molecule is CCNc1ccc(Cl)cc1NC(=O)CC(O)C(C)C. The molecule has 1 rings (SSSR count). The average Bonchev–Trinajstić information content (AvgIpc) is 2.32. The van der Waals surface area contributed by atoms with E-state index in [0.717, 1.165) is 12.2 Å². The van der Waals surface area contributed by atoms with Gasteiger partial charge in [0, 0.05) is 11.6 Å². The Balaban J connectivity index is 2.75. The van der Waals surface area contributed by atoms with Crippen molar-refractivity contribution in [3.8, 4) is 0 Å². The summed E-state index contributed by atoms with van der Waals surface area (Å²) >= 11 is 5.93. The quantitative estimate of drug-likeness (QED) is 0.752. The monoisotopic (exact) mass is 284 g/mol. The van der Waals surface area contributed by atoms with Crippen LogP contribution in [0, 0.1) is 5.92 Å². The molecule has 1 amide bonds. The zero-order valence-corrected chi connectivity index (χ0v) is 12.3. The summed E-state index contributed by atoms with van der Waals surface area (Å²) in [5, 5.41) is 16.2. The predicted octanol–water partition coefficient (Wildman–Crippen LogP) is 3.12. The van der Waals surface area contributed by atoms with E-state index in [1.807, 2.05) is 26.8 Å². The van der Waals surface area contributed by atoms with Gasteiger partial charge in [0.25, 0.3) is 0 Å². The minimum Gasteiger partial charge on any atom is -0.392 e. The standard InChI is InChI=1S/C14H21ClN2O2/c1-4-16-11-6-5-10(15)7-12(11)17-14(19)8-13(18)9(2)3/h5-7,9,13,16,18H,4,8H2,1-3H3,(H,17,19). The molecule has 5 heteroatoms. The van der Waals surface area contributed by atoms with Gasteiger partial charge in [-0.3, -0.25) is 4.79 Å². The van der Waals surface area contributed by atoms with Crippen LogP contribution in [0.25, 0.3) is 0 Å². The number of carbonyl (C=O) groups is 1. The van der Waals surface area contributed by atoms with Crippen molar-refractivity contribution < 1.29 is 9.90 Å². The number of benzene rings is 1. The summed E-state index contributed by atoms with van der Waals surface area (Å²) in [6, 6.07) is 5.28. The summed E-state index contributed by atoms with van der Waals surface area (Å²) in [6.07, 6.45) is -0.558. The molecule has 3 N–H and O–H groups in total. The van der Waals surface area contributed by atoms with Crippen LogP contribution in [0.4, 0.5) is 11.4 Å². The molecule has 0 aliphatic heterocycles. The third-order valence-corrected chi connectivity index (χ3v) is 3.02. The van der Waals surface area contributed by atoms with Crippen LogP contribution >= 0.6 is 11.6 Å². The van der Waals surface area contributed by atoms with Crippen molar-refractivity contribution in [2.75, 3.05) is 17.2 Å². The fourth-order valence-corrected chi connectivity index (χ4v) is 1.76. The van der Waals surface area contributed by atoms with Crippen LogP contribution in [0.5, 0.6) is 0 Å². The van der Waals surface area contributed by atoms with Gasteiger partial charge in [0.1, 0.15) is 0 Å². The highest BCUT2D eigenvalue weighted by molar-refractivity contribution is 6.31. The van der Waals surface area contributed by atoms with E-state index in [2.05, 4.69) is 10.6 Å². The molecule has 4 nitrogen and oxygen atoms in total. The van der Waals surface area contributed by atoms with Crippen LogP contribution in [0.1, 0.15) is 27.2 Å². The predicted molar refractivity (Wildman–Crippen MR) is 79.7 cm³/mol. The lowest BCUT2D eigenvalue weighted by Crippen LogP contribution is -2.24. The Morgan fingerprint density at radius 3 is 2.63 bits per heavy atom. The largest absolute Gasteiger partial charge is 0.392 e. The number of aliphatic hydroxyl groups excluding tert-OH is 1. The maximum absolute atomic E-state index is 11.9. The second-order valence-corrected chi connectivity index (χ2v) is 5.22. The van der Waals surface area contributed by atoms with Gasteiger partial charge in [0.15, 0.2) is 0 Å². The molecule has 0 fully saturated rings. The van der Waals surface area contributed by atoms with Crippen molar-refractivity contribution in [2.45, 2.75) is 33.3 Å². The molecular formula is C14H21ClN2O2. The number of amides is 1. The number of anilines is 2. The zero-order chi connectivity index (χ0) is 14.4. The van der Waals surface area contributed by atoms with Crippen LogP contribution in [0.3, 0.4) is 0 Å². The van der Waals surface area contributed by atoms with Crippen LogP contribution in [0.15, 0.2) is 18.2 Å². The van der Waals surface area contributed by atoms with E-state index in [-0.39, 0.29) is 18.2 Å². The topological polar surface area (TPSA) is 61.4 Å². The van der Waals surface area contributed by atoms with Gasteiger partial charge in [0.2, 0.25) is 5.91 Å². The number of aliphatic hydroxyl groups is 1. The van der Waals surface area contributed by atoms with E-state index < -0.39 is 6.10 Å². The first-order chi connectivity index (χ1) is 8.93. The first kappa shape index (κ1) is 15.8. The Kier molecular flexibility index (Phi) is 6.12. The Labute approximate surface area is 119 Å². The normalized spacial score (nSPS) is 12.3. The molecule has 0 aliphatic rings. The van der Waals surface area contributed by atoms with Gasteiger partial charge >= 0.3 is 0 Å². The molecule has 0 spiro atoms. The van der Waals surface area contributed by atoms with Crippen molar-refractivity contribution >= 4 is 28.9 Å². The summed E-state index contributed by atoms with van der Waals surface area (Å²) in [5.41, 5.74) is 1.45. The Morgan fingerprint density at radius 2 is 2.05 bits per heavy atom. The summed E-state index contributed by atoms with van der Waals surface area (Å²) in [7, 11) is 0. The maximum atomic E-state index is 11.9. The molecule has 0 saturated carbocycles. The molecule has 0 radical (unpaired) electrons. The highest BCUT2D eigenvalue weighted by Crippen LogP contribution is 2.26. The molecule has 0 aliphatic carbocycles. The molecular weight excluding hydrogens is 264 g/mol. The van der Waals surface area contributed by atoms with Gasteiger partial charge in [0.05, 0.1) is 23.9 Å². The highest BCUT2D eigenvalue weighted by Gasteiger charge is 2.15. The molecule has 1 aromatic rings. The second-order valence-electron chi connectivity index (χ2n) is 4.78. The fraction of sp³-hybridized carbons (Fsp3) is 0.500. The molecule has 0 bridgehead atoms. The Morgan fingerprint density at radius 1 is 1.37 bits per heavy atom. The molecule has 0 saturated heterocycles. The number of rotatable bonds is 6. The summed E-state index contributed by atoms with van der Waals surface area (Å²) in [4.78, 5) is 11.9. The first-order valence-corrected chi connectivity index (χ1v) is 6.83.